The number of hydrogen-bond acceptors (Lipinski definition) is 6. The predicted octanol–water partition coefficient (Wildman–Crippen LogP) is 5.00. The predicted molar refractivity (Wildman–Crippen MR) is 136 cm³/mol. The maximum Gasteiger partial charge on any atom is 0.405 e. The summed E-state index contributed by atoms with van der Waals surface area (Å²) in [5, 5.41) is 12.9. The van der Waals surface area contributed by atoms with Gasteiger partial charge in [0.05, 0.1) is 17.9 Å². The Balaban J connectivity index is 2.39. The highest BCUT2D eigenvalue weighted by atomic mass is 19.1. The van der Waals surface area contributed by atoms with Crippen LogP contribution in [0.1, 0.15) is 58.4 Å². The summed E-state index contributed by atoms with van der Waals surface area (Å²) >= 11 is 0. The topological polar surface area (TPSA) is 120 Å². The summed E-state index contributed by atoms with van der Waals surface area (Å²) in [6, 6.07) is 2.52. The van der Waals surface area contributed by atoms with Gasteiger partial charge in [0.1, 0.15) is 11.6 Å². The Labute approximate surface area is 212 Å². The van der Waals surface area contributed by atoms with E-state index >= 15 is 0 Å². The summed E-state index contributed by atoms with van der Waals surface area (Å²) in [6.07, 6.45) is 5.17. The lowest BCUT2D eigenvalue weighted by Gasteiger charge is -2.26. The first-order valence-corrected chi connectivity index (χ1v) is 12.2. The number of amides is 2. The van der Waals surface area contributed by atoms with Gasteiger partial charge in [-0.25, -0.2) is 9.18 Å². The van der Waals surface area contributed by atoms with Crippen molar-refractivity contribution in [1.82, 2.24) is 0 Å². The van der Waals surface area contributed by atoms with Crippen LogP contribution in [-0.4, -0.2) is 49.6 Å². The number of primary amides is 1. The van der Waals surface area contributed by atoms with Crippen molar-refractivity contribution >= 4 is 17.7 Å². The molecule has 2 amide bonds. The Kier molecular flexibility index (Phi) is 11.4. The van der Waals surface area contributed by atoms with Crippen LogP contribution in [0.15, 0.2) is 35.4 Å². The van der Waals surface area contributed by atoms with Crippen molar-refractivity contribution in [3.05, 3.63) is 46.8 Å². The van der Waals surface area contributed by atoms with Gasteiger partial charge in [-0.3, -0.25) is 4.79 Å². The van der Waals surface area contributed by atoms with E-state index in [0.717, 1.165) is 18.1 Å². The highest BCUT2D eigenvalue weighted by molar-refractivity contribution is 6.03. The lowest BCUT2D eigenvalue weighted by Crippen LogP contribution is -2.35. The van der Waals surface area contributed by atoms with Crippen LogP contribution < -0.4 is 11.1 Å². The minimum absolute atomic E-state index is 0.0125. The largest absolute Gasteiger partial charge is 0.508 e. The van der Waals surface area contributed by atoms with E-state index in [2.05, 4.69) is 5.32 Å². The molecule has 1 aromatic carbocycles. The molecule has 3 unspecified atom stereocenters. The Morgan fingerprint density at radius 1 is 1.14 bits per heavy atom. The number of phenols is 1. The number of carbonyl (C=O) groups is 2. The zero-order valence-corrected chi connectivity index (χ0v) is 21.8. The molecule has 0 aromatic heterocycles. The molecule has 0 spiro atoms. The molecule has 0 saturated heterocycles. The number of methoxy groups -OCH3 is 2. The molecule has 0 aliphatic carbocycles. The van der Waals surface area contributed by atoms with Crippen LogP contribution in [0.25, 0.3) is 0 Å². The van der Waals surface area contributed by atoms with Gasteiger partial charge in [0.25, 0.3) is 5.91 Å². The molecule has 36 heavy (non-hydrogen) atoms. The van der Waals surface area contributed by atoms with E-state index in [-0.39, 0.29) is 23.5 Å². The molecule has 4 N–H and O–H groups in total. The molecule has 4 atom stereocenters. The zero-order chi connectivity index (χ0) is 26.8. The number of aromatic hydroxyl groups is 1. The van der Waals surface area contributed by atoms with E-state index in [9.17, 15) is 19.1 Å². The second-order valence-corrected chi connectivity index (χ2v) is 9.44. The highest BCUT2D eigenvalue weighted by Gasteiger charge is 2.26. The third-order valence-electron chi connectivity index (χ3n) is 6.53. The molecule has 0 radical (unpaired) electrons. The van der Waals surface area contributed by atoms with Gasteiger partial charge in [0.2, 0.25) is 0 Å². The fourth-order valence-electron chi connectivity index (χ4n) is 4.48. The average molecular weight is 507 g/mol. The molecule has 200 valence electrons. The average Bonchev–Trinajstić information content (AvgIpc) is 2.81. The van der Waals surface area contributed by atoms with E-state index in [4.69, 9.17) is 19.9 Å². The van der Waals surface area contributed by atoms with E-state index in [1.165, 1.54) is 13.2 Å². The van der Waals surface area contributed by atoms with Gasteiger partial charge >= 0.3 is 6.09 Å². The number of nitrogens with two attached hydrogens (primary N) is 1. The number of fused-ring (bicyclic) bond motifs is 2. The van der Waals surface area contributed by atoms with Crippen LogP contribution in [0.3, 0.4) is 0 Å². The van der Waals surface area contributed by atoms with E-state index in [1.54, 1.807) is 20.1 Å². The van der Waals surface area contributed by atoms with Crippen molar-refractivity contribution in [2.75, 3.05) is 19.5 Å². The molecule has 2 bridgehead atoms. The summed E-state index contributed by atoms with van der Waals surface area (Å²) in [6.45, 7) is 5.53. The van der Waals surface area contributed by atoms with Crippen LogP contribution in [0.4, 0.5) is 14.9 Å². The summed E-state index contributed by atoms with van der Waals surface area (Å²) in [7, 11) is 3.18. The van der Waals surface area contributed by atoms with E-state index < -0.39 is 30.0 Å². The van der Waals surface area contributed by atoms with Crippen molar-refractivity contribution in [3.8, 4) is 5.75 Å². The first-order chi connectivity index (χ1) is 17.0. The number of hydrogen-bond donors (Lipinski definition) is 3. The van der Waals surface area contributed by atoms with Gasteiger partial charge < -0.3 is 30.4 Å². The third kappa shape index (κ3) is 8.64. The minimum Gasteiger partial charge on any atom is -0.508 e. The molecule has 8 nitrogen and oxygen atoms in total. The second-order valence-electron chi connectivity index (χ2n) is 9.44. The summed E-state index contributed by atoms with van der Waals surface area (Å²) in [5.41, 5.74) is 7.10. The van der Waals surface area contributed by atoms with Crippen LogP contribution in [0.5, 0.6) is 5.75 Å². The van der Waals surface area contributed by atoms with E-state index in [1.807, 2.05) is 19.9 Å². The Morgan fingerprint density at radius 2 is 1.83 bits per heavy atom. The number of ether oxygens (including phenoxy) is 3. The number of nitrogens with one attached hydrogen (secondary N) is 1. The molecule has 1 heterocycles. The molecule has 0 fully saturated rings. The highest BCUT2D eigenvalue weighted by Crippen LogP contribution is 2.30. The standard InChI is InChI=1S/C27H39FN2O6/c1-16-12-19-14-22(21(28)15-23(19)31)30-26(32)18(3)9-7-11-24(35-5)25(36-27(29)33)17(2)8-6-10-20(13-16)34-4/h8-9,14-16,20,24-25,31H,6-7,10-13H2,1-5H3,(H2,29,33)(H,30,32)/b17-8+,18-9+/t16-,20?,24?,25?/m1/s1. The molecule has 2 rings (SSSR count). The molecule has 1 aromatic rings. The third-order valence-corrected chi connectivity index (χ3v) is 6.53. The summed E-state index contributed by atoms with van der Waals surface area (Å²) in [5.74, 6) is -1.19. The quantitative estimate of drug-likeness (QED) is 0.392. The van der Waals surface area contributed by atoms with Crippen molar-refractivity contribution in [1.29, 1.82) is 0 Å². The normalized spacial score (nSPS) is 27.8. The van der Waals surface area contributed by atoms with Gasteiger partial charge in [-0.1, -0.05) is 19.1 Å². The van der Waals surface area contributed by atoms with Crippen LogP contribution in [0.2, 0.25) is 0 Å². The zero-order valence-electron chi connectivity index (χ0n) is 21.8. The van der Waals surface area contributed by atoms with Crippen LogP contribution in [-0.2, 0) is 25.4 Å². The molecular weight excluding hydrogens is 467 g/mol. The Hall–Kier alpha value is -2.91. The number of carbonyl (C=O) groups excluding carboxylic acids is 2. The van der Waals surface area contributed by atoms with Crippen LogP contribution >= 0.6 is 0 Å². The number of allylic oxidation sites excluding steroid dienone is 2. The molecule has 1 aliphatic heterocycles. The van der Waals surface area contributed by atoms with Gasteiger partial charge in [-0.05, 0) is 75.5 Å². The molecule has 9 heteroatoms. The van der Waals surface area contributed by atoms with Crippen LogP contribution in [0, 0.1) is 11.7 Å². The maximum absolute atomic E-state index is 14.5. The second kappa shape index (κ2) is 14.0. The smallest absolute Gasteiger partial charge is 0.405 e. The van der Waals surface area contributed by atoms with Crippen molar-refractivity contribution in [2.45, 2.75) is 77.6 Å². The number of rotatable bonds is 3. The number of anilines is 1. The van der Waals surface area contributed by atoms with Crippen molar-refractivity contribution in [3.63, 3.8) is 0 Å². The number of benzene rings is 1. The lowest BCUT2D eigenvalue weighted by molar-refractivity contribution is -0.112. The summed E-state index contributed by atoms with van der Waals surface area (Å²) in [4.78, 5) is 24.3. The Morgan fingerprint density at radius 3 is 2.47 bits per heavy atom. The maximum atomic E-state index is 14.5. The molecule has 1 aliphatic rings. The van der Waals surface area contributed by atoms with Gasteiger partial charge in [-0.15, -0.1) is 0 Å². The SMILES string of the molecule is COC1CC/C=C(\C)C(OC(N)=O)C(OC)CC/C=C(\C)C(=O)Nc2cc(c(O)cc2F)C[C@@H](C)C1. The summed E-state index contributed by atoms with van der Waals surface area (Å²) < 4.78 is 31.2. The number of halogens is 1. The van der Waals surface area contributed by atoms with Crippen molar-refractivity contribution in [2.24, 2.45) is 11.7 Å². The first-order valence-electron chi connectivity index (χ1n) is 12.2. The van der Waals surface area contributed by atoms with Gasteiger partial charge in [0, 0.05) is 25.9 Å². The van der Waals surface area contributed by atoms with Gasteiger partial charge in [-0.2, -0.15) is 0 Å². The van der Waals surface area contributed by atoms with Crippen molar-refractivity contribution < 1.29 is 33.3 Å². The lowest BCUT2D eigenvalue weighted by atomic mass is 9.92. The molecular formula is C27H39FN2O6. The fourth-order valence-corrected chi connectivity index (χ4v) is 4.48. The number of phenolic OH excluding ortho intramolecular Hbond substituents is 1. The van der Waals surface area contributed by atoms with E-state index in [0.29, 0.717) is 43.2 Å². The fraction of sp³-hybridized carbons (Fsp3) is 0.556. The van der Waals surface area contributed by atoms with Gasteiger partial charge in [0.15, 0.2) is 6.10 Å². The monoisotopic (exact) mass is 506 g/mol. The first kappa shape index (κ1) is 29.3. The minimum atomic E-state index is -0.894. The Bertz CT molecular complexity index is 977. The molecule has 0 saturated carbocycles.